The van der Waals surface area contributed by atoms with Crippen molar-refractivity contribution in [1.82, 2.24) is 4.98 Å². The van der Waals surface area contributed by atoms with Crippen molar-refractivity contribution in [2.75, 3.05) is 11.9 Å². The van der Waals surface area contributed by atoms with E-state index in [2.05, 4.69) is 16.4 Å². The minimum absolute atomic E-state index is 0.267. The Kier molecular flexibility index (Phi) is 4.00. The Bertz CT molecular complexity index is 596. The van der Waals surface area contributed by atoms with Crippen LogP contribution in [0, 0.1) is 6.92 Å². The number of esters is 1. The number of hydrogen-bond acceptors (Lipinski definition) is 4. The van der Waals surface area contributed by atoms with Crippen LogP contribution in [0.1, 0.15) is 19.4 Å². The van der Waals surface area contributed by atoms with Gasteiger partial charge in [-0.1, -0.05) is 18.2 Å². The highest BCUT2D eigenvalue weighted by Crippen LogP contribution is 2.20. The van der Waals surface area contributed by atoms with E-state index in [1.807, 2.05) is 31.2 Å². The molecule has 0 aliphatic rings. The largest absolute Gasteiger partial charge is 0.464 e. The predicted molar refractivity (Wildman–Crippen MR) is 76.2 cm³/mol. The van der Waals surface area contributed by atoms with Crippen LogP contribution in [-0.4, -0.2) is 23.6 Å². The molecule has 0 aliphatic heterocycles. The number of carbonyl (C=O) groups excluding carboxylic acids is 1. The highest BCUT2D eigenvalue weighted by atomic mass is 16.5. The number of pyridine rings is 1. The van der Waals surface area contributed by atoms with Gasteiger partial charge in [0.05, 0.1) is 12.1 Å². The number of nitrogens with one attached hydrogen (secondary N) is 1. The average Bonchev–Trinajstić information content (AvgIpc) is 2.39. The summed E-state index contributed by atoms with van der Waals surface area (Å²) in [6.45, 7) is 5.92. The standard InChI is InChI=1S/C15H18N2O2/c1-4-19-15(18)11(3)16-14-10(2)9-12-7-5-6-8-13(12)17-14/h5-9,11H,4H2,1-3H3,(H,16,17). The molecule has 1 aromatic carbocycles. The number of rotatable bonds is 4. The number of aromatic nitrogens is 1. The number of benzene rings is 1. The summed E-state index contributed by atoms with van der Waals surface area (Å²) in [5.74, 6) is 0.455. The molecule has 100 valence electrons. The van der Waals surface area contributed by atoms with Crippen molar-refractivity contribution >= 4 is 22.7 Å². The van der Waals surface area contributed by atoms with Crippen LogP contribution < -0.4 is 5.32 Å². The number of nitrogens with zero attached hydrogens (tertiary/aromatic N) is 1. The smallest absolute Gasteiger partial charge is 0.328 e. The molecule has 1 unspecified atom stereocenters. The molecule has 4 nitrogen and oxygen atoms in total. The molecule has 1 heterocycles. The summed E-state index contributed by atoms with van der Waals surface area (Å²) in [6.07, 6.45) is 0. The summed E-state index contributed by atoms with van der Waals surface area (Å²) in [5.41, 5.74) is 1.92. The fourth-order valence-electron chi connectivity index (χ4n) is 1.90. The lowest BCUT2D eigenvalue weighted by molar-refractivity contribution is -0.143. The molecule has 1 N–H and O–H groups in total. The number of fused-ring (bicyclic) bond motifs is 1. The van der Waals surface area contributed by atoms with Crippen LogP contribution >= 0.6 is 0 Å². The van der Waals surface area contributed by atoms with Crippen molar-refractivity contribution in [1.29, 1.82) is 0 Å². The molecule has 0 fully saturated rings. The first kappa shape index (κ1) is 13.3. The Morgan fingerprint density at radius 3 is 2.89 bits per heavy atom. The lowest BCUT2D eigenvalue weighted by Gasteiger charge is -2.15. The first-order chi connectivity index (χ1) is 9.11. The number of para-hydroxylation sites is 1. The van der Waals surface area contributed by atoms with E-state index >= 15 is 0 Å². The number of ether oxygens (including phenoxy) is 1. The molecule has 4 heteroatoms. The third-order valence-electron chi connectivity index (χ3n) is 2.91. The molecule has 1 aromatic heterocycles. The Hall–Kier alpha value is -2.10. The second kappa shape index (κ2) is 5.69. The molecule has 2 aromatic rings. The quantitative estimate of drug-likeness (QED) is 0.857. The van der Waals surface area contributed by atoms with Gasteiger partial charge in [-0.2, -0.15) is 0 Å². The van der Waals surface area contributed by atoms with Crippen LogP contribution in [0.2, 0.25) is 0 Å². The highest BCUT2D eigenvalue weighted by molar-refractivity contribution is 5.83. The molecular formula is C15H18N2O2. The van der Waals surface area contributed by atoms with Crippen LogP contribution in [0.5, 0.6) is 0 Å². The van der Waals surface area contributed by atoms with Gasteiger partial charge in [-0.25, -0.2) is 9.78 Å². The van der Waals surface area contributed by atoms with E-state index in [1.165, 1.54) is 0 Å². The van der Waals surface area contributed by atoms with Crippen molar-refractivity contribution in [3.8, 4) is 0 Å². The van der Waals surface area contributed by atoms with Crippen LogP contribution in [0.4, 0.5) is 5.82 Å². The van der Waals surface area contributed by atoms with Crippen molar-refractivity contribution in [2.24, 2.45) is 0 Å². The topological polar surface area (TPSA) is 51.2 Å². The van der Waals surface area contributed by atoms with Crippen LogP contribution in [-0.2, 0) is 9.53 Å². The molecule has 0 aliphatic carbocycles. The maximum atomic E-state index is 11.6. The fourth-order valence-corrected chi connectivity index (χ4v) is 1.90. The van der Waals surface area contributed by atoms with E-state index in [9.17, 15) is 4.79 Å². The zero-order chi connectivity index (χ0) is 13.8. The predicted octanol–water partition coefficient (Wildman–Crippen LogP) is 2.91. The van der Waals surface area contributed by atoms with Gasteiger partial charge in [-0.15, -0.1) is 0 Å². The Morgan fingerprint density at radius 2 is 2.16 bits per heavy atom. The Labute approximate surface area is 112 Å². The summed E-state index contributed by atoms with van der Waals surface area (Å²) < 4.78 is 4.97. The summed E-state index contributed by atoms with van der Waals surface area (Å²) >= 11 is 0. The van der Waals surface area contributed by atoms with Crippen LogP contribution in [0.15, 0.2) is 30.3 Å². The number of anilines is 1. The van der Waals surface area contributed by atoms with Gasteiger partial charge in [0.1, 0.15) is 11.9 Å². The lowest BCUT2D eigenvalue weighted by atomic mass is 10.1. The summed E-state index contributed by atoms with van der Waals surface area (Å²) in [6, 6.07) is 9.55. The van der Waals surface area contributed by atoms with Gasteiger partial charge in [-0.05, 0) is 38.5 Å². The summed E-state index contributed by atoms with van der Waals surface area (Å²) in [7, 11) is 0. The molecule has 1 atom stereocenters. The SMILES string of the molecule is CCOC(=O)C(C)Nc1nc2ccccc2cc1C. The van der Waals surface area contributed by atoms with Gasteiger partial charge < -0.3 is 10.1 Å². The second-order valence-electron chi connectivity index (χ2n) is 4.46. The van der Waals surface area contributed by atoms with Crippen molar-refractivity contribution in [2.45, 2.75) is 26.8 Å². The van der Waals surface area contributed by atoms with Gasteiger partial charge >= 0.3 is 5.97 Å². The van der Waals surface area contributed by atoms with Crippen LogP contribution in [0.25, 0.3) is 10.9 Å². The van der Waals surface area contributed by atoms with E-state index < -0.39 is 6.04 Å². The first-order valence-electron chi connectivity index (χ1n) is 6.41. The molecule has 19 heavy (non-hydrogen) atoms. The van der Waals surface area contributed by atoms with Gasteiger partial charge in [0, 0.05) is 5.39 Å². The van der Waals surface area contributed by atoms with E-state index in [0.717, 1.165) is 22.3 Å². The minimum Gasteiger partial charge on any atom is -0.464 e. The van der Waals surface area contributed by atoms with E-state index in [4.69, 9.17) is 4.74 Å². The number of aryl methyl sites for hydroxylation is 1. The first-order valence-corrected chi connectivity index (χ1v) is 6.41. The third-order valence-corrected chi connectivity index (χ3v) is 2.91. The maximum Gasteiger partial charge on any atom is 0.328 e. The molecular weight excluding hydrogens is 240 g/mol. The number of carbonyl (C=O) groups is 1. The fraction of sp³-hybridized carbons (Fsp3) is 0.333. The minimum atomic E-state index is -0.410. The van der Waals surface area contributed by atoms with Gasteiger partial charge in [0.2, 0.25) is 0 Å². The monoisotopic (exact) mass is 258 g/mol. The third kappa shape index (κ3) is 3.02. The molecule has 0 radical (unpaired) electrons. The van der Waals surface area contributed by atoms with E-state index in [-0.39, 0.29) is 5.97 Å². The zero-order valence-corrected chi connectivity index (χ0v) is 11.4. The Balaban J connectivity index is 2.25. The van der Waals surface area contributed by atoms with Gasteiger partial charge in [0.25, 0.3) is 0 Å². The molecule has 0 bridgehead atoms. The average molecular weight is 258 g/mol. The highest BCUT2D eigenvalue weighted by Gasteiger charge is 2.15. The molecule has 0 saturated heterocycles. The van der Waals surface area contributed by atoms with Gasteiger partial charge in [0.15, 0.2) is 0 Å². The second-order valence-corrected chi connectivity index (χ2v) is 4.46. The molecule has 0 saturated carbocycles. The van der Waals surface area contributed by atoms with Crippen molar-refractivity contribution in [3.05, 3.63) is 35.9 Å². The normalized spacial score (nSPS) is 12.2. The van der Waals surface area contributed by atoms with Gasteiger partial charge in [-0.3, -0.25) is 0 Å². The molecule has 0 amide bonds. The van der Waals surface area contributed by atoms with Crippen molar-refractivity contribution in [3.63, 3.8) is 0 Å². The van der Waals surface area contributed by atoms with Crippen molar-refractivity contribution < 1.29 is 9.53 Å². The zero-order valence-electron chi connectivity index (χ0n) is 11.4. The molecule has 2 rings (SSSR count). The maximum absolute atomic E-state index is 11.6. The lowest BCUT2D eigenvalue weighted by Crippen LogP contribution is -2.28. The number of hydrogen-bond donors (Lipinski definition) is 1. The van der Waals surface area contributed by atoms with Crippen LogP contribution in [0.3, 0.4) is 0 Å². The molecule has 0 spiro atoms. The summed E-state index contributed by atoms with van der Waals surface area (Å²) in [4.78, 5) is 16.1. The van der Waals surface area contributed by atoms with E-state index in [1.54, 1.807) is 13.8 Å². The summed E-state index contributed by atoms with van der Waals surface area (Å²) in [5, 5.41) is 4.19. The Morgan fingerprint density at radius 1 is 1.42 bits per heavy atom. The van der Waals surface area contributed by atoms with E-state index in [0.29, 0.717) is 6.61 Å².